The molecule has 6 heteroatoms. The van der Waals surface area contributed by atoms with Crippen LogP contribution in [-0.4, -0.2) is 61.2 Å². The summed E-state index contributed by atoms with van der Waals surface area (Å²) in [5, 5.41) is 2.86. The summed E-state index contributed by atoms with van der Waals surface area (Å²) in [6.07, 6.45) is 2.04. The summed E-state index contributed by atoms with van der Waals surface area (Å²) in [6, 6.07) is 6.56. The fourth-order valence-corrected chi connectivity index (χ4v) is 3.11. The van der Waals surface area contributed by atoms with Crippen LogP contribution >= 0.6 is 0 Å². The molecule has 120 valence electrons. The van der Waals surface area contributed by atoms with Gasteiger partial charge < -0.3 is 15.0 Å². The zero-order valence-corrected chi connectivity index (χ0v) is 12.6. The highest BCUT2D eigenvalue weighted by molar-refractivity contribution is 5.76. The molecule has 3 rings (SSSR count). The van der Waals surface area contributed by atoms with Gasteiger partial charge in [0.2, 0.25) is 0 Å². The van der Waals surface area contributed by atoms with Crippen molar-refractivity contribution < 1.29 is 13.9 Å². The number of urea groups is 1. The van der Waals surface area contributed by atoms with E-state index in [1.807, 2.05) is 4.90 Å². The SMILES string of the molecule is O=C1NCCN1C1CCN(CCOc2ccc(F)cc2)CC1. The van der Waals surface area contributed by atoms with Gasteiger partial charge in [-0.2, -0.15) is 0 Å². The minimum atomic E-state index is -0.250. The first-order chi connectivity index (χ1) is 10.7. The zero-order valence-electron chi connectivity index (χ0n) is 12.6. The van der Waals surface area contributed by atoms with Gasteiger partial charge >= 0.3 is 6.03 Å². The molecule has 2 heterocycles. The van der Waals surface area contributed by atoms with E-state index in [0.717, 1.165) is 45.6 Å². The van der Waals surface area contributed by atoms with Crippen molar-refractivity contribution in [2.75, 3.05) is 39.3 Å². The minimum Gasteiger partial charge on any atom is -0.492 e. The van der Waals surface area contributed by atoms with Crippen LogP contribution in [0.1, 0.15) is 12.8 Å². The fourth-order valence-electron chi connectivity index (χ4n) is 3.11. The number of amides is 2. The number of hydrogen-bond acceptors (Lipinski definition) is 3. The van der Waals surface area contributed by atoms with E-state index in [1.54, 1.807) is 12.1 Å². The van der Waals surface area contributed by atoms with Crippen molar-refractivity contribution in [2.24, 2.45) is 0 Å². The van der Waals surface area contributed by atoms with Crippen molar-refractivity contribution in [3.05, 3.63) is 30.1 Å². The molecule has 0 atom stereocenters. The lowest BCUT2D eigenvalue weighted by Gasteiger charge is -2.36. The van der Waals surface area contributed by atoms with Crippen molar-refractivity contribution in [3.8, 4) is 5.75 Å². The largest absolute Gasteiger partial charge is 0.492 e. The van der Waals surface area contributed by atoms with E-state index in [-0.39, 0.29) is 11.8 Å². The third kappa shape index (κ3) is 3.68. The van der Waals surface area contributed by atoms with Crippen LogP contribution in [0.25, 0.3) is 0 Å². The van der Waals surface area contributed by atoms with E-state index >= 15 is 0 Å². The third-order valence-electron chi connectivity index (χ3n) is 4.38. The van der Waals surface area contributed by atoms with Crippen LogP contribution in [0.3, 0.4) is 0 Å². The highest BCUT2D eigenvalue weighted by atomic mass is 19.1. The number of ether oxygens (including phenoxy) is 1. The van der Waals surface area contributed by atoms with Gasteiger partial charge in [0, 0.05) is 38.8 Å². The van der Waals surface area contributed by atoms with E-state index in [2.05, 4.69) is 10.2 Å². The number of rotatable bonds is 5. The van der Waals surface area contributed by atoms with E-state index in [9.17, 15) is 9.18 Å². The number of carbonyl (C=O) groups excluding carboxylic acids is 1. The normalized spacial score (nSPS) is 20.2. The van der Waals surface area contributed by atoms with Crippen molar-refractivity contribution in [2.45, 2.75) is 18.9 Å². The smallest absolute Gasteiger partial charge is 0.317 e. The molecular weight excluding hydrogens is 285 g/mol. The number of nitrogens with one attached hydrogen (secondary N) is 1. The maximum atomic E-state index is 12.8. The molecule has 5 nitrogen and oxygen atoms in total. The Labute approximate surface area is 130 Å². The lowest BCUT2D eigenvalue weighted by atomic mass is 10.0. The van der Waals surface area contributed by atoms with Crippen LogP contribution in [0.5, 0.6) is 5.75 Å². The van der Waals surface area contributed by atoms with Gasteiger partial charge in [0.25, 0.3) is 0 Å². The molecule has 1 aromatic rings. The first kappa shape index (κ1) is 15.1. The Bertz CT molecular complexity index is 501. The van der Waals surface area contributed by atoms with Gasteiger partial charge in [-0.25, -0.2) is 9.18 Å². The quantitative estimate of drug-likeness (QED) is 0.900. The van der Waals surface area contributed by atoms with E-state index in [1.165, 1.54) is 12.1 Å². The molecule has 0 saturated carbocycles. The third-order valence-corrected chi connectivity index (χ3v) is 4.38. The standard InChI is InChI=1S/C16H22FN3O2/c17-13-1-3-15(4-2-13)22-12-11-19-8-5-14(6-9-19)20-10-7-18-16(20)21/h1-4,14H,5-12H2,(H,18,21). The molecule has 2 aliphatic heterocycles. The van der Waals surface area contributed by atoms with Crippen LogP contribution in [0, 0.1) is 5.82 Å². The Morgan fingerprint density at radius 2 is 1.91 bits per heavy atom. The Kier molecular flexibility index (Phi) is 4.77. The van der Waals surface area contributed by atoms with Crippen molar-refractivity contribution >= 4 is 6.03 Å². The van der Waals surface area contributed by atoms with E-state index < -0.39 is 0 Å². The summed E-state index contributed by atoms with van der Waals surface area (Å²) < 4.78 is 18.4. The Morgan fingerprint density at radius 3 is 2.55 bits per heavy atom. The molecule has 22 heavy (non-hydrogen) atoms. The van der Waals surface area contributed by atoms with Crippen LogP contribution in [0.2, 0.25) is 0 Å². The molecule has 0 spiro atoms. The van der Waals surface area contributed by atoms with Crippen molar-refractivity contribution in [1.82, 2.24) is 15.1 Å². The Morgan fingerprint density at radius 1 is 1.18 bits per heavy atom. The molecular formula is C16H22FN3O2. The summed E-state index contributed by atoms with van der Waals surface area (Å²) in [6.45, 7) is 5.03. The van der Waals surface area contributed by atoms with Gasteiger partial charge in [0.05, 0.1) is 0 Å². The summed E-state index contributed by atoms with van der Waals surface area (Å²) in [4.78, 5) is 16.0. The lowest BCUT2D eigenvalue weighted by Crippen LogP contribution is -2.46. The van der Waals surface area contributed by atoms with Gasteiger partial charge in [-0.1, -0.05) is 0 Å². The second kappa shape index (κ2) is 6.96. The second-order valence-electron chi connectivity index (χ2n) is 5.80. The van der Waals surface area contributed by atoms with Crippen LogP contribution in [0.15, 0.2) is 24.3 Å². The Balaban J connectivity index is 1.37. The molecule has 0 aliphatic carbocycles. The first-order valence-electron chi connectivity index (χ1n) is 7.87. The average molecular weight is 307 g/mol. The molecule has 0 radical (unpaired) electrons. The number of benzene rings is 1. The van der Waals surface area contributed by atoms with E-state index in [4.69, 9.17) is 4.74 Å². The Hall–Kier alpha value is -1.82. The molecule has 0 unspecified atom stereocenters. The molecule has 2 fully saturated rings. The number of halogens is 1. The van der Waals surface area contributed by atoms with Gasteiger partial charge in [-0.05, 0) is 37.1 Å². The molecule has 1 N–H and O–H groups in total. The van der Waals surface area contributed by atoms with Crippen molar-refractivity contribution in [1.29, 1.82) is 0 Å². The van der Waals surface area contributed by atoms with Gasteiger partial charge in [0.1, 0.15) is 18.2 Å². The highest BCUT2D eigenvalue weighted by Crippen LogP contribution is 2.18. The number of piperidine rings is 1. The first-order valence-corrected chi connectivity index (χ1v) is 7.87. The molecule has 2 amide bonds. The number of likely N-dealkylation sites (tertiary alicyclic amines) is 1. The summed E-state index contributed by atoms with van der Waals surface area (Å²) >= 11 is 0. The molecule has 0 bridgehead atoms. The molecule has 2 aliphatic rings. The monoisotopic (exact) mass is 307 g/mol. The average Bonchev–Trinajstić information content (AvgIpc) is 2.96. The fraction of sp³-hybridized carbons (Fsp3) is 0.562. The number of nitrogens with zero attached hydrogens (tertiary/aromatic N) is 2. The topological polar surface area (TPSA) is 44.8 Å². The summed E-state index contributed by atoms with van der Waals surface area (Å²) in [5.41, 5.74) is 0. The molecule has 2 saturated heterocycles. The van der Waals surface area contributed by atoms with Crippen LogP contribution < -0.4 is 10.1 Å². The zero-order chi connectivity index (χ0) is 15.4. The van der Waals surface area contributed by atoms with Crippen LogP contribution in [-0.2, 0) is 0 Å². The maximum absolute atomic E-state index is 12.8. The molecule has 0 aromatic heterocycles. The molecule has 1 aromatic carbocycles. The maximum Gasteiger partial charge on any atom is 0.317 e. The second-order valence-corrected chi connectivity index (χ2v) is 5.80. The summed E-state index contributed by atoms with van der Waals surface area (Å²) in [7, 11) is 0. The minimum absolute atomic E-state index is 0.0816. The predicted octanol–water partition coefficient (Wildman–Crippen LogP) is 1.69. The van der Waals surface area contributed by atoms with E-state index in [0.29, 0.717) is 18.4 Å². The highest BCUT2D eigenvalue weighted by Gasteiger charge is 2.30. The summed E-state index contributed by atoms with van der Waals surface area (Å²) in [5.74, 6) is 0.449. The lowest BCUT2D eigenvalue weighted by molar-refractivity contribution is 0.123. The van der Waals surface area contributed by atoms with Crippen molar-refractivity contribution in [3.63, 3.8) is 0 Å². The number of carbonyl (C=O) groups is 1. The van der Waals surface area contributed by atoms with Gasteiger partial charge in [-0.3, -0.25) is 4.90 Å². The number of hydrogen-bond donors (Lipinski definition) is 1. The van der Waals surface area contributed by atoms with Gasteiger partial charge in [0.15, 0.2) is 0 Å². The van der Waals surface area contributed by atoms with Gasteiger partial charge in [-0.15, -0.1) is 0 Å². The predicted molar refractivity (Wildman–Crippen MR) is 81.5 cm³/mol. The van der Waals surface area contributed by atoms with Crippen LogP contribution in [0.4, 0.5) is 9.18 Å².